The number of hydrogen-bond acceptors (Lipinski definition) is 1. The highest BCUT2D eigenvalue weighted by molar-refractivity contribution is 5.85. The minimum atomic E-state index is 0.496. The lowest BCUT2D eigenvalue weighted by Gasteiger charge is -2.47. The second-order valence-electron chi connectivity index (χ2n) is 6.27. The average Bonchev–Trinajstić information content (AvgIpc) is 2.85. The molecule has 0 amide bonds. The lowest BCUT2D eigenvalue weighted by Crippen LogP contribution is -2.45. The van der Waals surface area contributed by atoms with Crippen LogP contribution in [0.1, 0.15) is 49.9 Å². The first-order valence-electron chi connectivity index (χ1n) is 7.67. The number of hydrogen-bond donors (Lipinski definition) is 2. The van der Waals surface area contributed by atoms with Gasteiger partial charge in [-0.25, -0.2) is 0 Å². The first kappa shape index (κ1) is 11.5. The number of fused-ring (bicyclic) bond motifs is 5. The van der Waals surface area contributed by atoms with Crippen LogP contribution >= 0.6 is 0 Å². The van der Waals surface area contributed by atoms with Crippen LogP contribution in [0, 0.1) is 5.41 Å². The fraction of sp³-hybridized carbons (Fsp3) is 0.529. The van der Waals surface area contributed by atoms with E-state index in [2.05, 4.69) is 41.5 Å². The number of rotatable bonds is 1. The molecule has 0 bridgehead atoms. The Kier molecular flexibility index (Phi) is 2.49. The van der Waals surface area contributed by atoms with Gasteiger partial charge in [0.25, 0.3) is 0 Å². The molecule has 0 unspecified atom stereocenters. The van der Waals surface area contributed by atoms with E-state index in [4.69, 9.17) is 0 Å². The summed E-state index contributed by atoms with van der Waals surface area (Å²) in [5, 5.41) is 5.27. The van der Waals surface area contributed by atoms with Crippen molar-refractivity contribution in [2.45, 2.75) is 45.1 Å². The molecule has 2 atom stereocenters. The van der Waals surface area contributed by atoms with Crippen LogP contribution < -0.4 is 5.32 Å². The summed E-state index contributed by atoms with van der Waals surface area (Å²) < 4.78 is 0. The molecule has 0 saturated carbocycles. The van der Waals surface area contributed by atoms with Crippen molar-refractivity contribution < 1.29 is 0 Å². The summed E-state index contributed by atoms with van der Waals surface area (Å²) in [6, 6.07) is 9.36. The third-order valence-electron chi connectivity index (χ3n) is 5.51. The number of H-pyrrole nitrogens is 1. The summed E-state index contributed by atoms with van der Waals surface area (Å²) in [4.78, 5) is 3.65. The van der Waals surface area contributed by atoms with E-state index < -0.39 is 0 Å². The minimum absolute atomic E-state index is 0.496. The minimum Gasteiger partial charge on any atom is -0.358 e. The van der Waals surface area contributed by atoms with Crippen LogP contribution in [-0.2, 0) is 6.42 Å². The van der Waals surface area contributed by atoms with Crippen molar-refractivity contribution in [1.82, 2.24) is 10.3 Å². The molecule has 4 rings (SSSR count). The lowest BCUT2D eigenvalue weighted by molar-refractivity contribution is 0.104. The molecule has 1 aliphatic heterocycles. The average molecular weight is 254 g/mol. The van der Waals surface area contributed by atoms with Gasteiger partial charge >= 0.3 is 0 Å². The predicted octanol–water partition coefficient (Wildman–Crippen LogP) is 3.94. The Morgan fingerprint density at radius 1 is 1.26 bits per heavy atom. The number of piperidine rings is 1. The third kappa shape index (κ3) is 1.53. The van der Waals surface area contributed by atoms with E-state index in [1.54, 1.807) is 5.56 Å². The van der Waals surface area contributed by atoms with Gasteiger partial charge in [-0.05, 0) is 55.7 Å². The van der Waals surface area contributed by atoms with E-state index in [0.717, 1.165) is 0 Å². The molecule has 2 aromatic rings. The van der Waals surface area contributed by atoms with Crippen molar-refractivity contribution in [2.24, 2.45) is 5.41 Å². The highest BCUT2D eigenvalue weighted by Gasteiger charge is 2.44. The normalized spacial score (nSPS) is 30.1. The second-order valence-corrected chi connectivity index (χ2v) is 6.27. The maximum absolute atomic E-state index is 3.83. The molecular weight excluding hydrogens is 232 g/mol. The van der Waals surface area contributed by atoms with Gasteiger partial charge in [0.05, 0.1) is 0 Å². The van der Waals surface area contributed by atoms with Gasteiger partial charge in [-0.2, -0.15) is 0 Å². The number of para-hydroxylation sites is 1. The Labute approximate surface area is 114 Å². The summed E-state index contributed by atoms with van der Waals surface area (Å²) >= 11 is 0. The van der Waals surface area contributed by atoms with Crippen LogP contribution in [0.25, 0.3) is 10.9 Å². The second kappa shape index (κ2) is 4.11. The molecule has 1 saturated heterocycles. The Morgan fingerprint density at radius 3 is 3.05 bits per heavy atom. The van der Waals surface area contributed by atoms with E-state index in [1.165, 1.54) is 55.2 Å². The molecule has 2 heterocycles. The van der Waals surface area contributed by atoms with Crippen molar-refractivity contribution in [1.29, 1.82) is 0 Å². The molecule has 2 N–H and O–H groups in total. The fourth-order valence-electron chi connectivity index (χ4n) is 4.40. The maximum atomic E-state index is 3.83. The molecule has 0 radical (unpaired) electrons. The fourth-order valence-corrected chi connectivity index (χ4v) is 4.40. The molecule has 1 aromatic heterocycles. The van der Waals surface area contributed by atoms with Crippen LogP contribution in [0.4, 0.5) is 0 Å². The summed E-state index contributed by atoms with van der Waals surface area (Å²) in [5.74, 6) is 0. The van der Waals surface area contributed by atoms with Crippen LogP contribution in [0.2, 0.25) is 0 Å². The van der Waals surface area contributed by atoms with Crippen LogP contribution in [0.5, 0.6) is 0 Å². The lowest BCUT2D eigenvalue weighted by atomic mass is 9.63. The molecule has 1 aromatic carbocycles. The van der Waals surface area contributed by atoms with Gasteiger partial charge in [-0.3, -0.25) is 0 Å². The molecule has 0 spiro atoms. The molecular formula is C17H22N2. The molecule has 19 heavy (non-hydrogen) atoms. The van der Waals surface area contributed by atoms with Gasteiger partial charge in [0, 0.05) is 22.6 Å². The van der Waals surface area contributed by atoms with Gasteiger partial charge in [0.2, 0.25) is 0 Å². The first-order chi connectivity index (χ1) is 9.34. The molecule has 2 heteroatoms. The SMILES string of the molecule is CC[C@]12CCCN[C@H]1c1c([nH]c3ccccc13)CC2. The Hall–Kier alpha value is -1.28. The molecule has 2 nitrogen and oxygen atoms in total. The van der Waals surface area contributed by atoms with Crippen molar-refractivity contribution in [3.63, 3.8) is 0 Å². The Morgan fingerprint density at radius 2 is 2.16 bits per heavy atom. The number of benzene rings is 1. The van der Waals surface area contributed by atoms with Crippen molar-refractivity contribution in [2.75, 3.05) is 6.54 Å². The number of aryl methyl sites for hydroxylation is 1. The van der Waals surface area contributed by atoms with Gasteiger partial charge in [-0.1, -0.05) is 25.1 Å². The third-order valence-corrected chi connectivity index (χ3v) is 5.51. The monoisotopic (exact) mass is 254 g/mol. The quantitative estimate of drug-likeness (QED) is 0.792. The standard InChI is InChI=1S/C17H22N2/c1-2-17-9-5-11-18-16(17)15-12-6-3-4-7-13(12)19-14(15)8-10-17/h3-4,6-7,16,18-19H,2,5,8-11H2,1H3/t16-,17+/m0/s1. The van der Waals surface area contributed by atoms with E-state index >= 15 is 0 Å². The summed E-state index contributed by atoms with van der Waals surface area (Å²) in [7, 11) is 0. The van der Waals surface area contributed by atoms with Crippen molar-refractivity contribution in [3.05, 3.63) is 35.5 Å². The highest BCUT2D eigenvalue weighted by atomic mass is 15.0. The topological polar surface area (TPSA) is 27.8 Å². The Balaban J connectivity index is 1.93. The molecule has 1 aliphatic carbocycles. The van der Waals surface area contributed by atoms with E-state index in [-0.39, 0.29) is 0 Å². The van der Waals surface area contributed by atoms with E-state index in [9.17, 15) is 0 Å². The largest absolute Gasteiger partial charge is 0.358 e. The predicted molar refractivity (Wildman–Crippen MR) is 79.3 cm³/mol. The highest BCUT2D eigenvalue weighted by Crippen LogP contribution is 2.52. The van der Waals surface area contributed by atoms with Gasteiger partial charge in [-0.15, -0.1) is 0 Å². The van der Waals surface area contributed by atoms with Crippen LogP contribution in [-0.4, -0.2) is 11.5 Å². The summed E-state index contributed by atoms with van der Waals surface area (Å²) in [6.45, 7) is 3.55. The van der Waals surface area contributed by atoms with Crippen LogP contribution in [0.15, 0.2) is 24.3 Å². The zero-order valence-electron chi connectivity index (χ0n) is 11.6. The molecule has 2 aliphatic rings. The van der Waals surface area contributed by atoms with Gasteiger partial charge in [0.1, 0.15) is 0 Å². The van der Waals surface area contributed by atoms with E-state index in [0.29, 0.717) is 11.5 Å². The van der Waals surface area contributed by atoms with Gasteiger partial charge < -0.3 is 10.3 Å². The zero-order valence-corrected chi connectivity index (χ0v) is 11.6. The smallest absolute Gasteiger partial charge is 0.0459 e. The summed E-state index contributed by atoms with van der Waals surface area (Å²) in [6.07, 6.45) is 6.57. The van der Waals surface area contributed by atoms with Crippen LogP contribution in [0.3, 0.4) is 0 Å². The number of aromatic nitrogens is 1. The number of nitrogens with one attached hydrogen (secondary N) is 2. The van der Waals surface area contributed by atoms with E-state index in [1.807, 2.05) is 0 Å². The zero-order chi connectivity index (χ0) is 12.9. The first-order valence-corrected chi connectivity index (χ1v) is 7.67. The van der Waals surface area contributed by atoms with Gasteiger partial charge in [0.15, 0.2) is 0 Å². The summed E-state index contributed by atoms with van der Waals surface area (Å²) in [5.41, 5.74) is 4.86. The molecule has 1 fully saturated rings. The van der Waals surface area contributed by atoms with Crippen molar-refractivity contribution in [3.8, 4) is 0 Å². The van der Waals surface area contributed by atoms with Crippen molar-refractivity contribution >= 4 is 10.9 Å². The number of aromatic amines is 1. The maximum Gasteiger partial charge on any atom is 0.0459 e. The Bertz CT molecular complexity index is 613. The molecule has 100 valence electrons.